The van der Waals surface area contributed by atoms with E-state index in [1.54, 1.807) is 30.3 Å². The Morgan fingerprint density at radius 3 is 2.10 bits per heavy atom. The largest absolute Gasteiger partial charge is 0.491 e. The highest BCUT2D eigenvalue weighted by Gasteiger charge is 2.21. The molecule has 0 aliphatic carbocycles. The Kier molecular flexibility index (Phi) is 7.65. The first-order valence-corrected chi connectivity index (χ1v) is 11.2. The highest BCUT2D eigenvalue weighted by Crippen LogP contribution is 2.29. The van der Waals surface area contributed by atoms with Crippen molar-refractivity contribution in [3.05, 3.63) is 102 Å². The van der Waals surface area contributed by atoms with E-state index in [9.17, 15) is 8.42 Å². The number of para-hydroxylation sites is 2. The van der Waals surface area contributed by atoms with Crippen LogP contribution in [-0.2, 0) is 16.4 Å². The molecule has 0 saturated carbocycles. The van der Waals surface area contributed by atoms with Crippen molar-refractivity contribution in [2.45, 2.75) is 12.8 Å². The van der Waals surface area contributed by atoms with E-state index in [2.05, 4.69) is 0 Å². The summed E-state index contributed by atoms with van der Waals surface area (Å²) in [7, 11) is -3.70. The maximum atomic E-state index is 13.1. The Bertz CT molecular complexity index is 1010. The van der Waals surface area contributed by atoms with Gasteiger partial charge in [0.2, 0.25) is 0 Å². The first-order valence-electron chi connectivity index (χ1n) is 9.75. The van der Waals surface area contributed by atoms with Crippen LogP contribution < -0.4 is 9.04 Å². The molecule has 0 amide bonds. The van der Waals surface area contributed by atoms with Crippen LogP contribution in [-0.4, -0.2) is 26.7 Å². The van der Waals surface area contributed by atoms with Crippen LogP contribution in [0.1, 0.15) is 12.0 Å². The Labute approximate surface area is 177 Å². The van der Waals surface area contributed by atoms with Gasteiger partial charge in [0, 0.05) is 5.41 Å². The molecular weight excluding hydrogens is 398 g/mol. The fourth-order valence-corrected chi connectivity index (χ4v) is 4.36. The van der Waals surface area contributed by atoms with Crippen LogP contribution in [0, 0.1) is 0 Å². The first-order chi connectivity index (χ1) is 14.6. The van der Waals surface area contributed by atoms with Crippen LogP contribution in [0.25, 0.3) is 0 Å². The van der Waals surface area contributed by atoms with Gasteiger partial charge in [0.25, 0.3) is 10.0 Å². The second kappa shape index (κ2) is 10.6. The van der Waals surface area contributed by atoms with Gasteiger partial charge < -0.3 is 9.84 Å². The van der Waals surface area contributed by atoms with Gasteiger partial charge in [-0.05, 0) is 54.8 Å². The number of sulfonamides is 1. The Balaban J connectivity index is 1.73. The summed E-state index contributed by atoms with van der Waals surface area (Å²) in [6, 6.07) is 25.7. The average molecular weight is 424 g/mol. The number of hydrogen-bond donors (Lipinski definition) is 1. The maximum Gasteiger partial charge on any atom is 0.261 e. The molecule has 0 saturated heterocycles. The summed E-state index contributed by atoms with van der Waals surface area (Å²) in [6.07, 6.45) is 2.93. The predicted octanol–water partition coefficient (Wildman–Crippen LogP) is 4.67. The van der Waals surface area contributed by atoms with E-state index >= 15 is 0 Å². The lowest BCUT2D eigenvalue weighted by atomic mass is 10.1. The highest BCUT2D eigenvalue weighted by molar-refractivity contribution is 7.96. The number of aryl methyl sites for hydroxylation is 1. The van der Waals surface area contributed by atoms with Gasteiger partial charge in [-0.3, -0.25) is 0 Å². The van der Waals surface area contributed by atoms with Crippen LogP contribution in [0.4, 0.5) is 11.4 Å². The summed E-state index contributed by atoms with van der Waals surface area (Å²) in [5.41, 5.74) is 2.21. The number of anilines is 2. The van der Waals surface area contributed by atoms with Crippen molar-refractivity contribution in [3.63, 3.8) is 0 Å². The minimum atomic E-state index is -3.70. The lowest BCUT2D eigenvalue weighted by Crippen LogP contribution is -2.23. The molecule has 0 aliphatic heterocycles. The van der Waals surface area contributed by atoms with Gasteiger partial charge in [-0.2, -0.15) is 0 Å². The summed E-state index contributed by atoms with van der Waals surface area (Å²) in [5.74, 6) is 0.692. The van der Waals surface area contributed by atoms with Crippen molar-refractivity contribution in [2.75, 3.05) is 17.5 Å². The number of rotatable bonds is 10. The number of aliphatic hydroxyl groups is 1. The van der Waals surface area contributed by atoms with Gasteiger partial charge in [0.15, 0.2) is 0 Å². The van der Waals surface area contributed by atoms with Crippen molar-refractivity contribution in [1.82, 2.24) is 0 Å². The molecule has 0 heterocycles. The lowest BCUT2D eigenvalue weighted by molar-refractivity contribution is 0.201. The minimum absolute atomic E-state index is 0.0375. The Morgan fingerprint density at radius 1 is 0.867 bits per heavy atom. The summed E-state index contributed by atoms with van der Waals surface area (Å²) >= 11 is 0. The molecule has 0 aliphatic rings. The smallest absolute Gasteiger partial charge is 0.261 e. The van der Waals surface area contributed by atoms with Gasteiger partial charge in [0.1, 0.15) is 12.4 Å². The molecule has 6 heteroatoms. The number of nitrogens with zero attached hydrogens (tertiary/aromatic N) is 1. The molecule has 5 nitrogen and oxygen atoms in total. The fourth-order valence-electron chi connectivity index (χ4n) is 3.02. The minimum Gasteiger partial charge on any atom is -0.491 e. The molecule has 1 N–H and O–H groups in total. The van der Waals surface area contributed by atoms with Crippen molar-refractivity contribution >= 4 is 21.4 Å². The summed E-state index contributed by atoms with van der Waals surface area (Å²) < 4.78 is 33.0. The molecule has 0 spiro atoms. The summed E-state index contributed by atoms with van der Waals surface area (Å²) in [4.78, 5) is 0. The second-order valence-corrected chi connectivity index (χ2v) is 8.28. The molecule has 0 radical (unpaired) electrons. The lowest BCUT2D eigenvalue weighted by Gasteiger charge is -2.22. The van der Waals surface area contributed by atoms with E-state index in [0.29, 0.717) is 30.0 Å². The molecule has 30 heavy (non-hydrogen) atoms. The van der Waals surface area contributed by atoms with E-state index in [4.69, 9.17) is 9.84 Å². The van der Waals surface area contributed by atoms with E-state index in [-0.39, 0.29) is 13.2 Å². The Hall–Kier alpha value is -3.09. The first kappa shape index (κ1) is 21.6. The highest BCUT2D eigenvalue weighted by atomic mass is 32.2. The van der Waals surface area contributed by atoms with Gasteiger partial charge in [-0.25, -0.2) is 12.7 Å². The number of benzene rings is 3. The van der Waals surface area contributed by atoms with E-state index in [1.165, 1.54) is 9.71 Å². The predicted molar refractivity (Wildman–Crippen MR) is 120 cm³/mol. The van der Waals surface area contributed by atoms with Crippen LogP contribution >= 0.6 is 0 Å². The quantitative estimate of drug-likeness (QED) is 0.515. The normalized spacial score (nSPS) is 11.5. The SMILES string of the molecule is O=S(=O)(C=CCCc1cccc(OCCO)c1)N(c1ccccc1)c1ccccc1. The third kappa shape index (κ3) is 5.95. The molecule has 3 rings (SSSR count). The number of ether oxygens (including phenoxy) is 1. The van der Waals surface area contributed by atoms with Crippen molar-refractivity contribution < 1.29 is 18.3 Å². The van der Waals surface area contributed by atoms with Gasteiger partial charge in [0.05, 0.1) is 18.0 Å². The third-order valence-corrected chi connectivity index (χ3v) is 5.83. The second-order valence-electron chi connectivity index (χ2n) is 6.61. The maximum absolute atomic E-state index is 13.1. The molecule has 3 aromatic rings. The molecule has 3 aromatic carbocycles. The van der Waals surface area contributed by atoms with Crippen LogP contribution in [0.15, 0.2) is 96.4 Å². The monoisotopic (exact) mass is 423 g/mol. The average Bonchev–Trinajstić information content (AvgIpc) is 2.77. The van der Waals surface area contributed by atoms with Crippen molar-refractivity contribution in [2.24, 2.45) is 0 Å². The standard InChI is InChI=1S/C24H25NO4S/c26-17-18-29-24-16-9-11-21(20-24)10-7-8-19-30(27,28)25(22-12-3-1-4-13-22)23-14-5-2-6-15-23/h1-6,8-9,11-16,19-20,26H,7,10,17-18H2. The van der Waals surface area contributed by atoms with Gasteiger partial charge >= 0.3 is 0 Å². The molecule has 0 unspecified atom stereocenters. The zero-order chi connectivity index (χ0) is 21.2. The molecule has 0 atom stereocenters. The van der Waals surface area contributed by atoms with Crippen LogP contribution in [0.2, 0.25) is 0 Å². The zero-order valence-corrected chi connectivity index (χ0v) is 17.4. The number of hydrogen-bond acceptors (Lipinski definition) is 4. The molecular formula is C24H25NO4S. The van der Waals surface area contributed by atoms with Crippen molar-refractivity contribution in [1.29, 1.82) is 0 Å². The van der Waals surface area contributed by atoms with E-state index in [1.807, 2.05) is 60.7 Å². The summed E-state index contributed by atoms with van der Waals surface area (Å²) in [5, 5.41) is 10.1. The van der Waals surface area contributed by atoms with Gasteiger partial charge in [-0.1, -0.05) is 54.6 Å². The number of allylic oxidation sites excluding steroid dienone is 1. The fraction of sp³-hybridized carbons (Fsp3) is 0.167. The Morgan fingerprint density at radius 2 is 1.50 bits per heavy atom. The molecule has 0 fully saturated rings. The summed E-state index contributed by atoms with van der Waals surface area (Å²) in [6.45, 7) is 0.209. The molecule has 0 aromatic heterocycles. The van der Waals surface area contributed by atoms with E-state index in [0.717, 1.165) is 5.56 Å². The molecule has 156 valence electrons. The van der Waals surface area contributed by atoms with Crippen LogP contribution in [0.3, 0.4) is 0 Å². The third-order valence-electron chi connectivity index (χ3n) is 4.36. The van der Waals surface area contributed by atoms with Gasteiger partial charge in [-0.15, -0.1) is 0 Å². The topological polar surface area (TPSA) is 66.8 Å². The van der Waals surface area contributed by atoms with Crippen molar-refractivity contribution in [3.8, 4) is 5.75 Å². The molecule has 0 bridgehead atoms. The number of aliphatic hydroxyl groups excluding tert-OH is 1. The zero-order valence-electron chi connectivity index (χ0n) is 16.6. The van der Waals surface area contributed by atoms with Crippen LogP contribution in [0.5, 0.6) is 5.75 Å². The van der Waals surface area contributed by atoms with E-state index < -0.39 is 10.0 Å².